The summed E-state index contributed by atoms with van der Waals surface area (Å²) in [4.78, 5) is 38.3. The molecule has 3 N–H and O–H groups in total. The van der Waals surface area contributed by atoms with E-state index < -0.39 is 23.6 Å². The van der Waals surface area contributed by atoms with Gasteiger partial charge < -0.3 is 20.3 Å². The molecule has 4 aromatic rings. The molecule has 7 heteroatoms. The molecular formula is C33H29NO6. The van der Waals surface area contributed by atoms with Gasteiger partial charge in [-0.15, -0.1) is 0 Å². The molecule has 0 heterocycles. The summed E-state index contributed by atoms with van der Waals surface area (Å²) < 4.78 is 5.37. The number of carbonyl (C=O) groups is 3. The van der Waals surface area contributed by atoms with Crippen LogP contribution in [0.2, 0.25) is 0 Å². The number of hydrogen-bond donors (Lipinski definition) is 3. The Morgan fingerprint density at radius 3 is 1.95 bits per heavy atom. The molecule has 0 saturated heterocycles. The van der Waals surface area contributed by atoms with Gasteiger partial charge in [-0.1, -0.05) is 90.0 Å². The number of carbonyl (C=O) groups excluding carboxylic acids is 1. The quantitative estimate of drug-likeness (QED) is 0.260. The van der Waals surface area contributed by atoms with Gasteiger partial charge in [-0.2, -0.15) is 0 Å². The maximum absolute atomic E-state index is 12.9. The summed E-state index contributed by atoms with van der Waals surface area (Å²) in [5.41, 5.74) is 4.99. The predicted octanol–water partition coefficient (Wildman–Crippen LogP) is 6.18. The molecule has 0 radical (unpaired) electrons. The van der Waals surface area contributed by atoms with Crippen LogP contribution in [0.25, 0.3) is 22.3 Å². The minimum absolute atomic E-state index is 0.0122. The number of rotatable bonds is 7. The van der Waals surface area contributed by atoms with Gasteiger partial charge in [-0.3, -0.25) is 0 Å². The van der Waals surface area contributed by atoms with Gasteiger partial charge in [0.15, 0.2) is 0 Å². The van der Waals surface area contributed by atoms with Crippen molar-refractivity contribution in [2.45, 2.75) is 38.8 Å². The highest BCUT2D eigenvalue weighted by Gasteiger charge is 2.48. The Morgan fingerprint density at radius 2 is 1.38 bits per heavy atom. The Hall–Kier alpha value is -4.91. The Labute approximate surface area is 232 Å². The number of carboxylic acid groups (broad SMARTS) is 2. The number of aromatic carboxylic acids is 1. The summed E-state index contributed by atoms with van der Waals surface area (Å²) in [6, 6.07) is 25.8. The molecule has 0 fully saturated rings. The average molecular weight is 536 g/mol. The summed E-state index contributed by atoms with van der Waals surface area (Å²) in [7, 11) is 0. The van der Waals surface area contributed by atoms with Crippen LogP contribution in [0, 0.1) is 13.8 Å². The van der Waals surface area contributed by atoms with Gasteiger partial charge in [0.25, 0.3) is 0 Å². The number of benzene rings is 4. The van der Waals surface area contributed by atoms with Crippen molar-refractivity contribution in [3.05, 3.63) is 118 Å². The zero-order chi connectivity index (χ0) is 28.4. The van der Waals surface area contributed by atoms with Crippen molar-refractivity contribution in [2.24, 2.45) is 0 Å². The van der Waals surface area contributed by atoms with Gasteiger partial charge in [0.05, 0.1) is 5.56 Å². The van der Waals surface area contributed by atoms with E-state index in [4.69, 9.17) is 4.74 Å². The number of nitrogens with one attached hydrogen (secondary N) is 1. The van der Waals surface area contributed by atoms with Gasteiger partial charge in [0.2, 0.25) is 0 Å². The molecule has 0 aliphatic heterocycles. The van der Waals surface area contributed by atoms with Crippen LogP contribution < -0.4 is 5.32 Å². The lowest BCUT2D eigenvalue weighted by Gasteiger charge is -2.25. The second kappa shape index (κ2) is 10.7. The molecule has 7 nitrogen and oxygen atoms in total. The molecular weight excluding hydrogens is 506 g/mol. The number of amides is 1. The van der Waals surface area contributed by atoms with E-state index in [1.165, 1.54) is 0 Å². The van der Waals surface area contributed by atoms with E-state index in [1.807, 2.05) is 80.6 Å². The first-order chi connectivity index (χ1) is 19.2. The largest absolute Gasteiger partial charge is 0.479 e. The first-order valence-electron chi connectivity index (χ1n) is 13.0. The van der Waals surface area contributed by atoms with Crippen molar-refractivity contribution >= 4 is 18.0 Å². The second-order valence-electron chi connectivity index (χ2n) is 10.3. The number of ether oxygens (including phenoxy) is 1. The minimum Gasteiger partial charge on any atom is -0.479 e. The van der Waals surface area contributed by atoms with Gasteiger partial charge in [0, 0.05) is 12.8 Å². The molecule has 1 aliphatic carbocycles. The van der Waals surface area contributed by atoms with Gasteiger partial charge >= 0.3 is 18.0 Å². The number of fused-ring (bicyclic) bond motifs is 1. The number of aryl methyl sites for hydroxylation is 2. The van der Waals surface area contributed by atoms with Crippen LogP contribution in [-0.4, -0.2) is 33.8 Å². The number of hydrogen-bond acceptors (Lipinski definition) is 4. The minimum atomic E-state index is -1.72. The first kappa shape index (κ1) is 26.7. The molecule has 0 spiro atoms. The number of carboxylic acids is 2. The molecule has 0 aromatic heterocycles. The Bertz CT molecular complexity index is 1590. The molecule has 0 bridgehead atoms. The SMILES string of the molecule is Cc1ccc(-c2cc(C(=O)O)c(-c3ccc(C)cc3)c3c2C[C@](NC(=O)OCc2ccccc2)(C(=O)O)C3)cc1. The van der Waals surface area contributed by atoms with Crippen LogP contribution in [0.15, 0.2) is 84.9 Å². The lowest BCUT2D eigenvalue weighted by Crippen LogP contribution is -2.55. The fourth-order valence-corrected chi connectivity index (χ4v) is 5.30. The Kier molecular flexibility index (Phi) is 7.13. The van der Waals surface area contributed by atoms with Gasteiger partial charge in [-0.25, -0.2) is 14.4 Å². The van der Waals surface area contributed by atoms with Crippen molar-refractivity contribution in [2.75, 3.05) is 0 Å². The molecule has 1 atom stereocenters. The fraction of sp³-hybridized carbons (Fsp3) is 0.182. The van der Waals surface area contributed by atoms with Crippen LogP contribution in [0.3, 0.4) is 0 Å². The van der Waals surface area contributed by atoms with Gasteiger partial charge in [0.1, 0.15) is 12.1 Å². The van der Waals surface area contributed by atoms with Crippen molar-refractivity contribution in [1.29, 1.82) is 0 Å². The number of alkyl carbamates (subject to hydrolysis) is 1. The van der Waals surface area contributed by atoms with Crippen LogP contribution in [-0.2, 0) is 29.0 Å². The topological polar surface area (TPSA) is 113 Å². The molecule has 40 heavy (non-hydrogen) atoms. The predicted molar refractivity (Wildman–Crippen MR) is 151 cm³/mol. The van der Waals surface area contributed by atoms with E-state index in [2.05, 4.69) is 5.32 Å². The zero-order valence-corrected chi connectivity index (χ0v) is 22.2. The molecule has 1 amide bonds. The van der Waals surface area contributed by atoms with Crippen molar-refractivity contribution in [1.82, 2.24) is 5.32 Å². The molecule has 5 rings (SSSR count). The standard InChI is InChI=1S/C33H29NO6/c1-20-8-12-23(13-9-20)25-16-26(30(35)36)29(24-14-10-21(2)11-15-24)28-18-33(31(37)38,17-27(25)28)34-32(39)40-19-22-6-4-3-5-7-22/h3-16H,17-19H2,1-2H3,(H,34,39)(H,35,36)(H,37,38)/t33-/m1/s1. The molecule has 0 unspecified atom stereocenters. The van der Waals surface area contributed by atoms with Crippen LogP contribution in [0.5, 0.6) is 0 Å². The van der Waals surface area contributed by atoms with E-state index in [0.29, 0.717) is 27.8 Å². The highest BCUT2D eigenvalue weighted by Crippen LogP contribution is 2.44. The average Bonchev–Trinajstić information content (AvgIpc) is 3.33. The third-order valence-electron chi connectivity index (χ3n) is 7.40. The maximum Gasteiger partial charge on any atom is 0.408 e. The summed E-state index contributed by atoms with van der Waals surface area (Å²) in [6.45, 7) is 3.88. The molecule has 4 aromatic carbocycles. The monoisotopic (exact) mass is 535 g/mol. The van der Waals surface area contributed by atoms with Crippen molar-refractivity contribution in [3.8, 4) is 22.3 Å². The number of aliphatic carboxylic acids is 1. The summed E-state index contributed by atoms with van der Waals surface area (Å²) in [5.74, 6) is -2.34. The first-order valence-corrected chi connectivity index (χ1v) is 13.0. The highest BCUT2D eigenvalue weighted by molar-refractivity contribution is 6.01. The summed E-state index contributed by atoms with van der Waals surface area (Å²) in [5, 5.41) is 23.4. The zero-order valence-electron chi connectivity index (χ0n) is 22.2. The molecule has 202 valence electrons. The molecule has 1 aliphatic rings. The normalized spacial score (nSPS) is 15.8. The lowest BCUT2D eigenvalue weighted by atomic mass is 9.86. The Balaban J connectivity index is 1.62. The van der Waals surface area contributed by atoms with Gasteiger partial charge in [-0.05, 0) is 58.9 Å². The third-order valence-corrected chi connectivity index (χ3v) is 7.40. The second-order valence-corrected chi connectivity index (χ2v) is 10.3. The summed E-state index contributed by atoms with van der Waals surface area (Å²) >= 11 is 0. The van der Waals surface area contributed by atoms with Crippen molar-refractivity contribution < 1.29 is 29.3 Å². The van der Waals surface area contributed by atoms with E-state index in [9.17, 15) is 24.6 Å². The van der Waals surface area contributed by atoms with Crippen LogP contribution >= 0.6 is 0 Å². The Morgan fingerprint density at radius 1 is 0.800 bits per heavy atom. The smallest absolute Gasteiger partial charge is 0.408 e. The summed E-state index contributed by atoms with van der Waals surface area (Å²) in [6.07, 6.45) is -0.979. The fourth-order valence-electron chi connectivity index (χ4n) is 5.30. The van der Waals surface area contributed by atoms with Crippen molar-refractivity contribution in [3.63, 3.8) is 0 Å². The maximum atomic E-state index is 12.9. The van der Waals surface area contributed by atoms with Crippen LogP contribution in [0.4, 0.5) is 4.79 Å². The van der Waals surface area contributed by atoms with E-state index in [1.54, 1.807) is 18.2 Å². The van der Waals surface area contributed by atoms with E-state index >= 15 is 0 Å². The van der Waals surface area contributed by atoms with E-state index in [-0.39, 0.29) is 25.0 Å². The third kappa shape index (κ3) is 5.18. The van der Waals surface area contributed by atoms with E-state index in [0.717, 1.165) is 22.3 Å². The highest BCUT2D eigenvalue weighted by atomic mass is 16.5. The lowest BCUT2D eigenvalue weighted by molar-refractivity contribution is -0.144. The van der Waals surface area contributed by atoms with Crippen LogP contribution in [0.1, 0.15) is 38.2 Å². The molecule has 0 saturated carbocycles.